The van der Waals surface area contributed by atoms with Crippen LogP contribution in [0.25, 0.3) is 0 Å². The molecule has 0 bridgehead atoms. The average Bonchev–Trinajstić information content (AvgIpc) is 2.35. The number of nitrogens with zero attached hydrogens (tertiary/aromatic N) is 1. The molecule has 1 aromatic carbocycles. The van der Waals surface area contributed by atoms with E-state index in [-0.39, 0.29) is 11.9 Å². The molecule has 0 unspecified atom stereocenters. The van der Waals surface area contributed by atoms with Crippen LogP contribution in [0.4, 0.5) is 8.78 Å². The molecule has 0 amide bonds. The number of alkyl halides is 2. The van der Waals surface area contributed by atoms with Crippen LogP contribution in [0.15, 0.2) is 22.7 Å². The first-order valence-electron chi connectivity index (χ1n) is 6.18. The van der Waals surface area contributed by atoms with Crippen LogP contribution < -0.4 is 4.74 Å². The number of rotatable bonds is 4. The maximum atomic E-state index is 12.4. The summed E-state index contributed by atoms with van der Waals surface area (Å²) in [7, 11) is 0. The van der Waals surface area contributed by atoms with Gasteiger partial charge in [-0.1, -0.05) is 15.9 Å². The van der Waals surface area contributed by atoms with Crippen molar-refractivity contribution < 1.29 is 18.6 Å². The van der Waals surface area contributed by atoms with Crippen LogP contribution in [0.3, 0.4) is 0 Å². The largest absolute Gasteiger partial charge is 0.434 e. The number of likely N-dealkylation sites (tertiary alicyclic amines) is 1. The lowest BCUT2D eigenvalue weighted by molar-refractivity contribution is -0.0509. The third kappa shape index (κ3) is 4.40. The standard InChI is InChI=1S/C13H16BrF2NO2/c14-10-1-2-12(19-13(15)16)9(7-10)8-17-5-3-11(18)4-6-17/h1-2,7,11,13,18H,3-6,8H2. The van der Waals surface area contributed by atoms with Crippen LogP contribution in [0.1, 0.15) is 18.4 Å². The van der Waals surface area contributed by atoms with Crippen molar-refractivity contribution in [2.45, 2.75) is 32.1 Å². The number of hydrogen-bond acceptors (Lipinski definition) is 3. The first kappa shape index (κ1) is 14.7. The molecule has 0 atom stereocenters. The molecule has 19 heavy (non-hydrogen) atoms. The quantitative estimate of drug-likeness (QED) is 0.918. The van der Waals surface area contributed by atoms with E-state index in [0.29, 0.717) is 6.54 Å². The molecule has 1 heterocycles. The van der Waals surface area contributed by atoms with E-state index in [1.165, 1.54) is 0 Å². The Morgan fingerprint density at radius 3 is 2.68 bits per heavy atom. The summed E-state index contributed by atoms with van der Waals surface area (Å²) in [6, 6.07) is 5.02. The van der Waals surface area contributed by atoms with E-state index < -0.39 is 6.61 Å². The predicted octanol–water partition coefficient (Wildman–Crippen LogP) is 3.01. The van der Waals surface area contributed by atoms with Crippen molar-refractivity contribution in [3.05, 3.63) is 28.2 Å². The SMILES string of the molecule is OC1CCN(Cc2cc(Br)ccc2OC(F)F)CC1. The lowest BCUT2D eigenvalue weighted by Crippen LogP contribution is -2.35. The number of halogens is 3. The highest BCUT2D eigenvalue weighted by molar-refractivity contribution is 9.10. The summed E-state index contributed by atoms with van der Waals surface area (Å²) in [6.07, 6.45) is 1.20. The van der Waals surface area contributed by atoms with Gasteiger partial charge in [0.1, 0.15) is 5.75 Å². The first-order valence-corrected chi connectivity index (χ1v) is 6.97. The Hall–Kier alpha value is -0.720. The van der Waals surface area contributed by atoms with Gasteiger partial charge in [-0.25, -0.2) is 0 Å². The molecule has 1 saturated heterocycles. The molecule has 1 aromatic rings. The van der Waals surface area contributed by atoms with Crippen LogP contribution in [0.2, 0.25) is 0 Å². The normalized spacial score (nSPS) is 17.9. The summed E-state index contributed by atoms with van der Waals surface area (Å²) < 4.78 is 30.1. The average molecular weight is 336 g/mol. The van der Waals surface area contributed by atoms with Gasteiger partial charge >= 0.3 is 6.61 Å². The Morgan fingerprint density at radius 2 is 2.05 bits per heavy atom. The van der Waals surface area contributed by atoms with Crippen molar-refractivity contribution in [3.8, 4) is 5.75 Å². The third-order valence-electron chi connectivity index (χ3n) is 3.19. The van der Waals surface area contributed by atoms with Crippen molar-refractivity contribution in [1.29, 1.82) is 0 Å². The predicted molar refractivity (Wildman–Crippen MR) is 71.3 cm³/mol. The molecule has 1 aliphatic heterocycles. The van der Waals surface area contributed by atoms with Gasteiger partial charge in [0.15, 0.2) is 0 Å². The van der Waals surface area contributed by atoms with E-state index in [9.17, 15) is 13.9 Å². The fourth-order valence-corrected chi connectivity index (χ4v) is 2.61. The molecular weight excluding hydrogens is 320 g/mol. The smallest absolute Gasteiger partial charge is 0.387 e. The molecule has 1 N–H and O–H groups in total. The number of hydrogen-bond donors (Lipinski definition) is 1. The van der Waals surface area contributed by atoms with Crippen LogP contribution in [-0.2, 0) is 6.54 Å². The minimum Gasteiger partial charge on any atom is -0.434 e. The molecule has 0 aromatic heterocycles. The molecule has 1 fully saturated rings. The molecule has 6 heteroatoms. The van der Waals surface area contributed by atoms with E-state index in [0.717, 1.165) is 36.0 Å². The van der Waals surface area contributed by atoms with Crippen LogP contribution in [0.5, 0.6) is 5.75 Å². The summed E-state index contributed by atoms with van der Waals surface area (Å²) in [6.45, 7) is -0.735. The number of ether oxygens (including phenoxy) is 1. The zero-order valence-corrected chi connectivity index (χ0v) is 11.9. The van der Waals surface area contributed by atoms with E-state index in [1.807, 2.05) is 0 Å². The van der Waals surface area contributed by atoms with Gasteiger partial charge in [-0.3, -0.25) is 4.90 Å². The Kier molecular flexibility index (Phi) is 5.13. The highest BCUT2D eigenvalue weighted by Gasteiger charge is 2.19. The molecule has 3 nitrogen and oxygen atoms in total. The molecule has 0 saturated carbocycles. The highest BCUT2D eigenvalue weighted by Crippen LogP contribution is 2.27. The lowest BCUT2D eigenvalue weighted by Gasteiger charge is -2.30. The Bertz CT molecular complexity index is 423. The lowest BCUT2D eigenvalue weighted by atomic mass is 10.1. The highest BCUT2D eigenvalue weighted by atomic mass is 79.9. The zero-order chi connectivity index (χ0) is 13.8. The third-order valence-corrected chi connectivity index (χ3v) is 3.68. The fourth-order valence-electron chi connectivity index (χ4n) is 2.20. The van der Waals surface area contributed by atoms with E-state index in [1.54, 1.807) is 18.2 Å². The van der Waals surface area contributed by atoms with Gasteiger partial charge in [-0.05, 0) is 31.0 Å². The fraction of sp³-hybridized carbons (Fsp3) is 0.538. The van der Waals surface area contributed by atoms with Gasteiger partial charge in [-0.15, -0.1) is 0 Å². The molecule has 2 rings (SSSR count). The summed E-state index contributed by atoms with van der Waals surface area (Å²) in [5.41, 5.74) is 0.728. The van der Waals surface area contributed by atoms with Crippen molar-refractivity contribution in [2.24, 2.45) is 0 Å². The van der Waals surface area contributed by atoms with Gasteiger partial charge in [0.2, 0.25) is 0 Å². The molecule has 0 spiro atoms. The van der Waals surface area contributed by atoms with Gasteiger partial charge in [0.25, 0.3) is 0 Å². The second-order valence-electron chi connectivity index (χ2n) is 4.64. The molecule has 0 aliphatic carbocycles. The zero-order valence-electron chi connectivity index (χ0n) is 10.4. The van der Waals surface area contributed by atoms with Gasteiger partial charge in [0.05, 0.1) is 6.10 Å². The Morgan fingerprint density at radius 1 is 1.37 bits per heavy atom. The van der Waals surface area contributed by atoms with E-state index in [2.05, 4.69) is 25.6 Å². The van der Waals surface area contributed by atoms with Crippen molar-refractivity contribution in [2.75, 3.05) is 13.1 Å². The van der Waals surface area contributed by atoms with Gasteiger partial charge < -0.3 is 9.84 Å². The van der Waals surface area contributed by atoms with E-state index in [4.69, 9.17) is 0 Å². The monoisotopic (exact) mass is 335 g/mol. The number of piperidine rings is 1. The van der Waals surface area contributed by atoms with Crippen LogP contribution in [-0.4, -0.2) is 35.8 Å². The minimum atomic E-state index is -2.82. The van der Waals surface area contributed by atoms with Crippen LogP contribution >= 0.6 is 15.9 Å². The Balaban J connectivity index is 2.07. The number of benzene rings is 1. The molecule has 0 radical (unpaired) electrons. The van der Waals surface area contributed by atoms with Crippen molar-refractivity contribution in [1.82, 2.24) is 4.90 Å². The van der Waals surface area contributed by atoms with Gasteiger partial charge in [0, 0.05) is 29.7 Å². The first-order chi connectivity index (χ1) is 9.04. The number of aliphatic hydroxyl groups is 1. The van der Waals surface area contributed by atoms with Crippen LogP contribution in [0, 0.1) is 0 Å². The minimum absolute atomic E-state index is 0.212. The number of aliphatic hydroxyl groups excluding tert-OH is 1. The maximum absolute atomic E-state index is 12.4. The summed E-state index contributed by atoms with van der Waals surface area (Å²) >= 11 is 3.34. The summed E-state index contributed by atoms with van der Waals surface area (Å²) in [4.78, 5) is 2.13. The van der Waals surface area contributed by atoms with E-state index >= 15 is 0 Å². The topological polar surface area (TPSA) is 32.7 Å². The second-order valence-corrected chi connectivity index (χ2v) is 5.55. The second kappa shape index (κ2) is 6.63. The Labute approximate surface area is 119 Å². The molecule has 106 valence electrons. The summed E-state index contributed by atoms with van der Waals surface area (Å²) in [5.74, 6) is 0.212. The van der Waals surface area contributed by atoms with Gasteiger partial charge in [-0.2, -0.15) is 8.78 Å². The van der Waals surface area contributed by atoms with Crippen molar-refractivity contribution in [3.63, 3.8) is 0 Å². The maximum Gasteiger partial charge on any atom is 0.387 e. The summed E-state index contributed by atoms with van der Waals surface area (Å²) in [5, 5.41) is 9.45. The van der Waals surface area contributed by atoms with Crippen molar-refractivity contribution >= 4 is 15.9 Å². The molecule has 1 aliphatic rings. The molecular formula is C13H16BrF2NO2.